The van der Waals surface area contributed by atoms with Gasteiger partial charge in [-0.05, 0) is 93.1 Å². The summed E-state index contributed by atoms with van der Waals surface area (Å²) in [6.45, 7) is 3.11. The zero-order valence-electron chi connectivity index (χ0n) is 33.1. The Hall–Kier alpha value is -6.74. The first kappa shape index (κ1) is 43.4. The number of hydrogen-bond donors (Lipinski definition) is 7. The number of nitrogens with one attached hydrogen (secondary N) is 4. The van der Waals surface area contributed by atoms with E-state index in [0.717, 1.165) is 11.1 Å². The van der Waals surface area contributed by atoms with Gasteiger partial charge in [-0.2, -0.15) is 0 Å². The van der Waals surface area contributed by atoms with Gasteiger partial charge in [-0.15, -0.1) is 0 Å². The first-order chi connectivity index (χ1) is 28.5. The molecule has 0 aliphatic carbocycles. The summed E-state index contributed by atoms with van der Waals surface area (Å²) in [7, 11) is 0. The van der Waals surface area contributed by atoms with Crippen LogP contribution in [0.25, 0.3) is 0 Å². The molecule has 1 aliphatic rings. The Morgan fingerprint density at radius 1 is 0.763 bits per heavy atom. The van der Waals surface area contributed by atoms with Crippen molar-refractivity contribution in [1.29, 1.82) is 0 Å². The van der Waals surface area contributed by atoms with Crippen LogP contribution in [-0.4, -0.2) is 73.3 Å². The maximum absolute atomic E-state index is 14.2. The van der Waals surface area contributed by atoms with Crippen molar-refractivity contribution in [3.05, 3.63) is 131 Å². The Morgan fingerprint density at radius 2 is 1.39 bits per heavy atom. The lowest BCUT2D eigenvalue weighted by Crippen LogP contribution is -2.65. The standard InChI is InChI=1S/C44H53N9O6/c1-29-17-21-33(22-18-29)53-27-37(43(53)58)51-42(57)38(31-19-23-34(24-20-31)59-28-30-11-4-2-5-12-30)52-41(56)35(15-8-9-25-45)50-40(55)36(16-10-26-48-44(46)47)49-39(54)32-13-6-3-7-14-32/h2-7,11-14,17-24,35-38H,8-10,15-16,25-28,45H2,1H3,(H,49,54)(H,50,55)(H,51,57)(H,52,56)(H4,46,47,48)/t35-,36-,37+,38+/m0/s1. The maximum Gasteiger partial charge on any atom is 0.251 e. The summed E-state index contributed by atoms with van der Waals surface area (Å²) in [5.74, 6) is -2.18. The third-order valence-corrected chi connectivity index (χ3v) is 9.78. The van der Waals surface area contributed by atoms with Crippen molar-refractivity contribution in [2.45, 2.75) is 69.8 Å². The number of guanidine groups is 1. The molecule has 4 atom stereocenters. The van der Waals surface area contributed by atoms with E-state index in [2.05, 4.69) is 26.3 Å². The molecular formula is C44H53N9O6. The van der Waals surface area contributed by atoms with Crippen LogP contribution in [0.1, 0.15) is 65.2 Å². The van der Waals surface area contributed by atoms with Gasteiger partial charge >= 0.3 is 0 Å². The summed E-state index contributed by atoms with van der Waals surface area (Å²) in [4.78, 5) is 74.2. The van der Waals surface area contributed by atoms with Crippen molar-refractivity contribution in [2.24, 2.45) is 22.2 Å². The summed E-state index contributed by atoms with van der Waals surface area (Å²) >= 11 is 0. The number of hydrogen-bond acceptors (Lipinski definition) is 8. The number of carbonyl (C=O) groups excluding carboxylic acids is 5. The third-order valence-electron chi connectivity index (χ3n) is 9.78. The molecule has 4 aromatic carbocycles. The van der Waals surface area contributed by atoms with Crippen LogP contribution in [0.3, 0.4) is 0 Å². The molecule has 1 aliphatic heterocycles. The average molecular weight is 804 g/mol. The van der Waals surface area contributed by atoms with Gasteiger partial charge in [0.25, 0.3) is 11.8 Å². The number of nitrogens with zero attached hydrogens (tertiary/aromatic N) is 2. The fourth-order valence-electron chi connectivity index (χ4n) is 6.42. The number of anilines is 1. The molecule has 15 heteroatoms. The lowest BCUT2D eigenvalue weighted by atomic mass is 10.0. The fraction of sp³-hybridized carbons (Fsp3) is 0.318. The zero-order valence-corrected chi connectivity index (χ0v) is 33.1. The molecular weight excluding hydrogens is 751 g/mol. The normalized spacial score (nSPS) is 14.8. The molecule has 0 radical (unpaired) electrons. The van der Waals surface area contributed by atoms with Crippen LogP contribution in [0, 0.1) is 6.92 Å². The molecule has 4 aromatic rings. The highest BCUT2D eigenvalue weighted by molar-refractivity contribution is 6.06. The number of aryl methyl sites for hydroxylation is 1. The highest BCUT2D eigenvalue weighted by Crippen LogP contribution is 2.25. The lowest BCUT2D eigenvalue weighted by Gasteiger charge is -2.39. The van der Waals surface area contributed by atoms with Crippen LogP contribution >= 0.6 is 0 Å². The molecule has 15 nitrogen and oxygen atoms in total. The van der Waals surface area contributed by atoms with E-state index >= 15 is 0 Å². The van der Waals surface area contributed by atoms with Crippen molar-refractivity contribution in [3.8, 4) is 5.75 Å². The highest BCUT2D eigenvalue weighted by atomic mass is 16.5. The molecule has 0 aromatic heterocycles. The van der Waals surface area contributed by atoms with Gasteiger partial charge in [-0.25, -0.2) is 0 Å². The van der Waals surface area contributed by atoms with Gasteiger partial charge in [0.1, 0.15) is 36.5 Å². The summed E-state index contributed by atoms with van der Waals surface area (Å²) in [5, 5.41) is 11.2. The predicted molar refractivity (Wildman–Crippen MR) is 226 cm³/mol. The average Bonchev–Trinajstić information content (AvgIpc) is 3.25. The quantitative estimate of drug-likeness (QED) is 0.0284. The minimum atomic E-state index is -1.26. The van der Waals surface area contributed by atoms with Crippen LogP contribution in [0.2, 0.25) is 0 Å². The van der Waals surface area contributed by atoms with E-state index in [-0.39, 0.29) is 37.8 Å². The Bertz CT molecular complexity index is 2040. The number of rotatable bonds is 21. The summed E-state index contributed by atoms with van der Waals surface area (Å²) in [6, 6.07) is 28.1. The van der Waals surface area contributed by atoms with E-state index < -0.39 is 47.8 Å². The van der Waals surface area contributed by atoms with Crippen LogP contribution in [0.15, 0.2) is 114 Å². The Morgan fingerprint density at radius 3 is 2.03 bits per heavy atom. The summed E-state index contributed by atoms with van der Waals surface area (Å²) in [6.07, 6.45) is 1.76. The monoisotopic (exact) mass is 803 g/mol. The highest BCUT2D eigenvalue weighted by Gasteiger charge is 2.40. The first-order valence-corrected chi connectivity index (χ1v) is 19.7. The summed E-state index contributed by atoms with van der Waals surface area (Å²) < 4.78 is 5.95. The number of amides is 5. The number of nitrogens with two attached hydrogens (primary N) is 3. The van der Waals surface area contributed by atoms with Crippen LogP contribution in [-0.2, 0) is 25.8 Å². The van der Waals surface area contributed by atoms with E-state index in [1.54, 1.807) is 59.5 Å². The van der Waals surface area contributed by atoms with Gasteiger partial charge in [-0.3, -0.25) is 29.0 Å². The molecule has 10 N–H and O–H groups in total. The van der Waals surface area contributed by atoms with E-state index in [1.807, 2.05) is 61.5 Å². The van der Waals surface area contributed by atoms with Gasteiger partial charge in [-0.1, -0.05) is 78.4 Å². The molecule has 0 spiro atoms. The van der Waals surface area contributed by atoms with Crippen molar-refractivity contribution >= 4 is 41.2 Å². The van der Waals surface area contributed by atoms with Crippen molar-refractivity contribution in [3.63, 3.8) is 0 Å². The van der Waals surface area contributed by atoms with Crippen LogP contribution in [0.4, 0.5) is 5.69 Å². The second kappa shape index (κ2) is 21.7. The SMILES string of the molecule is Cc1ccc(N2C[C@@H](NC(=O)[C@H](NC(=O)[C@H](CCCCN)NC(=O)[C@H](CCCN=C(N)N)NC(=O)c3ccccc3)c3ccc(OCc4ccccc4)cc3)C2=O)cc1. The molecule has 1 heterocycles. The van der Waals surface area contributed by atoms with Crippen LogP contribution in [0.5, 0.6) is 5.75 Å². The second-order valence-corrected chi connectivity index (χ2v) is 14.3. The number of aliphatic imine (C=N–C) groups is 1. The molecule has 0 bridgehead atoms. The third kappa shape index (κ3) is 12.9. The fourth-order valence-corrected chi connectivity index (χ4v) is 6.42. The van der Waals surface area contributed by atoms with Crippen molar-refractivity contribution in [2.75, 3.05) is 24.5 Å². The van der Waals surface area contributed by atoms with E-state index in [9.17, 15) is 24.0 Å². The van der Waals surface area contributed by atoms with Crippen molar-refractivity contribution in [1.82, 2.24) is 21.3 Å². The number of β-lactam (4-membered cyclic amide) rings is 1. The van der Waals surface area contributed by atoms with Gasteiger partial charge in [0.05, 0.1) is 6.54 Å². The Balaban J connectivity index is 1.34. The largest absolute Gasteiger partial charge is 0.489 e. The molecule has 0 saturated carbocycles. The minimum Gasteiger partial charge on any atom is -0.489 e. The van der Waals surface area contributed by atoms with E-state index in [4.69, 9.17) is 21.9 Å². The maximum atomic E-state index is 14.2. The topological polar surface area (TPSA) is 236 Å². The van der Waals surface area contributed by atoms with E-state index in [1.165, 1.54) is 0 Å². The van der Waals surface area contributed by atoms with Crippen molar-refractivity contribution < 1.29 is 28.7 Å². The predicted octanol–water partition coefficient (Wildman–Crippen LogP) is 2.73. The van der Waals surface area contributed by atoms with E-state index in [0.29, 0.717) is 55.0 Å². The molecule has 1 fully saturated rings. The molecule has 1 saturated heterocycles. The van der Waals surface area contributed by atoms with Gasteiger partial charge in [0.15, 0.2) is 5.96 Å². The van der Waals surface area contributed by atoms with Gasteiger partial charge < -0.3 is 48.1 Å². The minimum absolute atomic E-state index is 0.103. The number of carbonyl (C=O) groups is 5. The van der Waals surface area contributed by atoms with Gasteiger partial charge in [0.2, 0.25) is 17.7 Å². The summed E-state index contributed by atoms with van der Waals surface area (Å²) in [5.41, 5.74) is 20.2. The lowest BCUT2D eigenvalue weighted by molar-refractivity contribution is -0.135. The molecule has 0 unspecified atom stereocenters. The second-order valence-electron chi connectivity index (χ2n) is 14.3. The van der Waals surface area contributed by atoms with Crippen LogP contribution < -0.4 is 48.1 Å². The number of benzene rings is 4. The molecule has 59 heavy (non-hydrogen) atoms. The van der Waals surface area contributed by atoms with Gasteiger partial charge in [0, 0.05) is 17.8 Å². The molecule has 5 amide bonds. The first-order valence-electron chi connectivity index (χ1n) is 19.7. The number of ether oxygens (including phenoxy) is 1. The Kier molecular flexibility index (Phi) is 16.0. The molecule has 5 rings (SSSR count). The zero-order chi connectivity index (χ0) is 42.1. The number of unbranched alkanes of at least 4 members (excludes halogenated alkanes) is 1. The smallest absolute Gasteiger partial charge is 0.251 e. The molecule has 310 valence electrons. The Labute approximate surface area is 344 Å².